The highest BCUT2D eigenvalue weighted by atomic mass is 32.2. The molecule has 0 aliphatic heterocycles. The molecule has 0 amide bonds. The molecule has 1 heterocycles. The van der Waals surface area contributed by atoms with Gasteiger partial charge in [-0.05, 0) is 56.0 Å². The maximum Gasteiger partial charge on any atom is 0.274 e. The summed E-state index contributed by atoms with van der Waals surface area (Å²) in [6.45, 7) is 3.78. The van der Waals surface area contributed by atoms with E-state index in [9.17, 15) is 13.7 Å². The molecule has 0 saturated carbocycles. The van der Waals surface area contributed by atoms with E-state index in [0.29, 0.717) is 35.5 Å². The van der Waals surface area contributed by atoms with Crippen molar-refractivity contribution in [2.45, 2.75) is 38.8 Å². The molecule has 1 aliphatic rings. The molecule has 1 aromatic heterocycles. The predicted molar refractivity (Wildman–Crippen MR) is 113 cm³/mol. The molecule has 2 aromatic carbocycles. The molecule has 0 radical (unpaired) electrons. The maximum atomic E-state index is 11.4. The molecule has 0 fully saturated rings. The van der Waals surface area contributed by atoms with E-state index in [2.05, 4.69) is 20.9 Å². The molecular weight excluding hydrogens is 418 g/mol. The molecule has 1 unspecified atom stereocenters. The number of fused-ring (bicyclic) bond motifs is 1. The van der Waals surface area contributed by atoms with E-state index in [-0.39, 0.29) is 18.0 Å². The number of ether oxygens (including phenoxy) is 1. The zero-order valence-corrected chi connectivity index (χ0v) is 17.8. The van der Waals surface area contributed by atoms with Crippen LogP contribution in [0.2, 0.25) is 0 Å². The van der Waals surface area contributed by atoms with Gasteiger partial charge in [-0.15, -0.1) is 0 Å². The van der Waals surface area contributed by atoms with Crippen LogP contribution >= 0.6 is 0 Å². The van der Waals surface area contributed by atoms with Crippen molar-refractivity contribution < 1.29 is 17.7 Å². The van der Waals surface area contributed by atoms with Gasteiger partial charge >= 0.3 is 0 Å². The van der Waals surface area contributed by atoms with E-state index >= 15 is 0 Å². The number of nitrogens with zero attached hydrogens (tertiary/aromatic N) is 3. The second-order valence-electron chi connectivity index (χ2n) is 7.54. The summed E-state index contributed by atoms with van der Waals surface area (Å²) in [5.41, 5.74) is 3.55. The van der Waals surface area contributed by atoms with E-state index in [1.165, 1.54) is 0 Å². The number of benzene rings is 2. The third-order valence-corrected chi connectivity index (χ3v) is 5.57. The summed E-state index contributed by atoms with van der Waals surface area (Å²) in [6.07, 6.45) is 1.19. The minimum atomic E-state index is -3.81. The van der Waals surface area contributed by atoms with Crippen molar-refractivity contribution >= 4 is 10.2 Å². The third-order valence-electron chi connectivity index (χ3n) is 4.95. The van der Waals surface area contributed by atoms with Gasteiger partial charge in [0.1, 0.15) is 11.8 Å². The topological polar surface area (TPSA) is 144 Å². The highest BCUT2D eigenvalue weighted by molar-refractivity contribution is 7.87. The standard InChI is InChI=1S/C21H21N5O4S/c1-12(2)29-19-9-6-13(10-14(19)11-22)21-24-20(25-30-21)17-5-3-4-16-15(17)7-8-18(16)26-31(23,27)28/h3-6,9-10,12,18,26H,7-8H2,1-2H3,(H2,23,27,28). The number of aromatic nitrogens is 2. The van der Waals surface area contributed by atoms with Crippen LogP contribution < -0.4 is 14.6 Å². The monoisotopic (exact) mass is 439 g/mol. The van der Waals surface area contributed by atoms with Crippen LogP contribution in [0.15, 0.2) is 40.9 Å². The molecule has 0 spiro atoms. The summed E-state index contributed by atoms with van der Waals surface area (Å²) in [6, 6.07) is 12.4. The first-order chi connectivity index (χ1) is 14.7. The fourth-order valence-corrected chi connectivity index (χ4v) is 4.38. The lowest BCUT2D eigenvalue weighted by molar-refractivity contribution is 0.241. The molecule has 1 aliphatic carbocycles. The first kappa shape index (κ1) is 21.0. The van der Waals surface area contributed by atoms with Crippen LogP contribution in [0.5, 0.6) is 5.75 Å². The number of nitrogens with one attached hydrogen (secondary N) is 1. The smallest absolute Gasteiger partial charge is 0.274 e. The highest BCUT2D eigenvalue weighted by Crippen LogP contribution is 2.37. The zero-order chi connectivity index (χ0) is 22.2. The van der Waals surface area contributed by atoms with Crippen LogP contribution in [0, 0.1) is 11.3 Å². The summed E-state index contributed by atoms with van der Waals surface area (Å²) < 4.78 is 36.4. The van der Waals surface area contributed by atoms with Gasteiger partial charge in [-0.25, -0.2) is 5.14 Å². The first-order valence-electron chi connectivity index (χ1n) is 9.72. The average Bonchev–Trinajstić information content (AvgIpc) is 3.34. The van der Waals surface area contributed by atoms with E-state index in [1.807, 2.05) is 32.0 Å². The second-order valence-corrected chi connectivity index (χ2v) is 8.87. The van der Waals surface area contributed by atoms with Gasteiger partial charge in [-0.3, -0.25) is 0 Å². The van der Waals surface area contributed by atoms with E-state index < -0.39 is 10.2 Å². The summed E-state index contributed by atoms with van der Waals surface area (Å²) in [5.74, 6) is 1.16. The quantitative estimate of drug-likeness (QED) is 0.601. The maximum absolute atomic E-state index is 11.4. The molecule has 160 valence electrons. The highest BCUT2D eigenvalue weighted by Gasteiger charge is 2.28. The Balaban J connectivity index is 1.66. The van der Waals surface area contributed by atoms with Gasteiger partial charge in [0.15, 0.2) is 0 Å². The normalized spacial score (nSPS) is 15.6. The lowest BCUT2D eigenvalue weighted by Crippen LogP contribution is -2.33. The number of hydrogen-bond acceptors (Lipinski definition) is 7. The molecule has 31 heavy (non-hydrogen) atoms. The fraction of sp³-hybridized carbons (Fsp3) is 0.286. The molecule has 0 saturated heterocycles. The van der Waals surface area contributed by atoms with Gasteiger partial charge < -0.3 is 9.26 Å². The number of hydrogen-bond donors (Lipinski definition) is 2. The Labute approximate surface area is 180 Å². The van der Waals surface area contributed by atoms with Crippen molar-refractivity contribution in [3.8, 4) is 34.7 Å². The van der Waals surface area contributed by atoms with Crippen molar-refractivity contribution in [1.82, 2.24) is 14.9 Å². The van der Waals surface area contributed by atoms with Crippen molar-refractivity contribution in [1.29, 1.82) is 5.26 Å². The Morgan fingerprint density at radius 3 is 2.84 bits per heavy atom. The number of nitriles is 1. The summed E-state index contributed by atoms with van der Waals surface area (Å²) in [4.78, 5) is 4.50. The zero-order valence-electron chi connectivity index (χ0n) is 17.0. The molecule has 3 aromatic rings. The van der Waals surface area contributed by atoms with Crippen LogP contribution in [0.25, 0.3) is 22.8 Å². The van der Waals surface area contributed by atoms with Crippen LogP contribution in [0.1, 0.15) is 43.0 Å². The third kappa shape index (κ3) is 4.44. The van der Waals surface area contributed by atoms with E-state index in [0.717, 1.165) is 16.7 Å². The van der Waals surface area contributed by atoms with Gasteiger partial charge in [0.2, 0.25) is 5.82 Å². The Hall–Kier alpha value is -3.26. The van der Waals surface area contributed by atoms with Crippen LogP contribution in [-0.4, -0.2) is 24.7 Å². The van der Waals surface area contributed by atoms with Gasteiger partial charge in [0.05, 0.1) is 11.7 Å². The van der Waals surface area contributed by atoms with Gasteiger partial charge in [-0.2, -0.15) is 23.4 Å². The summed E-state index contributed by atoms with van der Waals surface area (Å²) >= 11 is 0. The molecule has 4 rings (SSSR count). The van der Waals surface area contributed by atoms with Gasteiger partial charge in [0, 0.05) is 17.2 Å². The fourth-order valence-electron chi connectivity index (χ4n) is 3.74. The van der Waals surface area contributed by atoms with Crippen LogP contribution in [0.4, 0.5) is 0 Å². The first-order valence-corrected chi connectivity index (χ1v) is 11.3. The number of rotatable bonds is 6. The minimum Gasteiger partial charge on any atom is -0.490 e. The largest absolute Gasteiger partial charge is 0.490 e. The SMILES string of the molecule is CC(C)Oc1ccc(-c2nc(-c3cccc4c3CCC4NS(N)(=O)=O)no2)cc1C#N. The summed E-state index contributed by atoms with van der Waals surface area (Å²) in [7, 11) is -3.81. The lowest BCUT2D eigenvalue weighted by atomic mass is 10.0. The molecule has 10 heteroatoms. The van der Waals surface area contributed by atoms with E-state index in [1.54, 1.807) is 18.2 Å². The minimum absolute atomic E-state index is 0.0549. The second kappa shape index (κ2) is 8.11. The predicted octanol–water partition coefficient (Wildman–Crippen LogP) is 2.84. The molecular formula is C21H21N5O4S. The average molecular weight is 439 g/mol. The van der Waals surface area contributed by atoms with Crippen molar-refractivity contribution in [2.24, 2.45) is 5.14 Å². The van der Waals surface area contributed by atoms with Crippen molar-refractivity contribution in [3.05, 3.63) is 53.1 Å². The van der Waals surface area contributed by atoms with Crippen molar-refractivity contribution in [3.63, 3.8) is 0 Å². The van der Waals surface area contributed by atoms with Crippen LogP contribution in [-0.2, 0) is 16.6 Å². The molecule has 0 bridgehead atoms. The summed E-state index contributed by atoms with van der Waals surface area (Å²) in [5, 5.41) is 18.7. The molecule has 3 N–H and O–H groups in total. The van der Waals surface area contributed by atoms with Gasteiger partial charge in [0.25, 0.3) is 16.1 Å². The molecule has 1 atom stereocenters. The Morgan fingerprint density at radius 2 is 2.13 bits per heavy atom. The van der Waals surface area contributed by atoms with Crippen molar-refractivity contribution in [2.75, 3.05) is 0 Å². The van der Waals surface area contributed by atoms with Crippen LogP contribution in [0.3, 0.4) is 0 Å². The lowest BCUT2D eigenvalue weighted by Gasteiger charge is -2.12. The van der Waals surface area contributed by atoms with E-state index in [4.69, 9.17) is 14.4 Å². The Bertz CT molecular complexity index is 1280. The Morgan fingerprint density at radius 1 is 1.32 bits per heavy atom. The van der Waals surface area contributed by atoms with Gasteiger partial charge in [-0.1, -0.05) is 23.4 Å². The molecule has 9 nitrogen and oxygen atoms in total. The Kier molecular flexibility index (Phi) is 5.49. The number of nitrogens with two attached hydrogens (primary N) is 1.